The van der Waals surface area contributed by atoms with Crippen molar-refractivity contribution in [2.24, 2.45) is 5.92 Å². The molecule has 0 bridgehead atoms. The zero-order valence-electron chi connectivity index (χ0n) is 37.8. The number of anilines is 2. The Labute approximate surface area is 389 Å². The van der Waals surface area contributed by atoms with Crippen LogP contribution in [-0.2, 0) is 56.9 Å². The summed E-state index contributed by atoms with van der Waals surface area (Å²) in [6, 6.07) is 15.6. The van der Waals surface area contributed by atoms with Gasteiger partial charge in [0, 0.05) is 81.6 Å². The van der Waals surface area contributed by atoms with E-state index >= 15 is 0 Å². The zero-order chi connectivity index (χ0) is 45.9. The number of nitrogen functional groups attached to an aromatic ring is 1. The van der Waals surface area contributed by atoms with Gasteiger partial charge >= 0.3 is 0 Å². The van der Waals surface area contributed by atoms with Crippen LogP contribution in [0.5, 0.6) is 0 Å². The van der Waals surface area contributed by atoms with E-state index in [1.54, 1.807) is 36.4 Å². The molecule has 0 spiro atoms. The number of alkyl halides is 1. The molecule has 4 aliphatic rings. The maximum atomic E-state index is 14.9. The first kappa shape index (κ1) is 45.2. The van der Waals surface area contributed by atoms with Crippen LogP contribution in [0.25, 0.3) is 10.8 Å². The number of likely N-dealkylation sites (tertiary alicyclic amines) is 1. The molecule has 1 aliphatic carbocycles. The monoisotopic (exact) mass is 913 g/mol. The summed E-state index contributed by atoms with van der Waals surface area (Å²) >= 11 is 6.37. The Bertz CT molecular complexity index is 2760. The standard InChI is InChI=1S/C26H29ClFN5O2.C24H28N6O/c1-32-6-5-17-9-23(28)19(8-18(17)13-32)14-33-25(15-35-2)21(12-31-33)26(34)30-11-16-7-20-22(27)3-4-24(20)29-10-16;1-29-10-6-16(7-11-29)13-28-23-21-19(5-9-27-23)15-30(24(21)31)14-17-2-3-20-18(12-17)4-8-26-22(20)25/h7-10,12,22H,3-6,11,13-15H2,1-2H3,(H,30,34);2-5,8-9,12,16H,6-7,10-11,13-15H2,1H3,(H2,25,26)(H,27,28). The van der Waals surface area contributed by atoms with Crippen molar-refractivity contribution in [1.82, 2.24) is 44.7 Å². The maximum Gasteiger partial charge on any atom is 0.258 e. The van der Waals surface area contributed by atoms with Crippen LogP contribution in [0.3, 0.4) is 0 Å². The number of piperidine rings is 1. The Morgan fingerprint density at radius 1 is 0.894 bits per heavy atom. The second-order valence-electron chi connectivity index (χ2n) is 18.1. The number of carbonyl (C=O) groups excluding carboxylic acids is 2. The van der Waals surface area contributed by atoms with Gasteiger partial charge in [-0.25, -0.2) is 14.4 Å². The highest BCUT2D eigenvalue weighted by Crippen LogP contribution is 2.35. The molecule has 0 saturated carbocycles. The van der Waals surface area contributed by atoms with E-state index in [0.29, 0.717) is 48.2 Å². The smallest absolute Gasteiger partial charge is 0.258 e. The summed E-state index contributed by atoms with van der Waals surface area (Å²) in [6.07, 6.45) is 11.8. The van der Waals surface area contributed by atoms with Gasteiger partial charge in [-0.3, -0.25) is 19.3 Å². The quantitative estimate of drug-likeness (QED) is 0.110. The highest BCUT2D eigenvalue weighted by Gasteiger charge is 2.31. The van der Waals surface area contributed by atoms with Gasteiger partial charge in [0.2, 0.25) is 0 Å². The lowest BCUT2D eigenvalue weighted by atomic mass is 9.97. The molecule has 4 N–H and O–H groups in total. The number of hydrogen-bond acceptors (Lipinski definition) is 11. The van der Waals surface area contributed by atoms with E-state index in [4.69, 9.17) is 22.1 Å². The van der Waals surface area contributed by atoms with E-state index in [2.05, 4.69) is 60.6 Å². The molecular weight excluding hydrogens is 857 g/mol. The van der Waals surface area contributed by atoms with Gasteiger partial charge in [-0.05, 0) is 140 Å². The molecule has 16 heteroatoms. The molecule has 1 saturated heterocycles. The summed E-state index contributed by atoms with van der Waals surface area (Å²) < 4.78 is 21.9. The third-order valence-corrected chi connectivity index (χ3v) is 13.8. The molecule has 4 aromatic heterocycles. The van der Waals surface area contributed by atoms with Crippen molar-refractivity contribution < 1.29 is 18.7 Å². The third kappa shape index (κ3) is 9.90. The van der Waals surface area contributed by atoms with Crippen LogP contribution in [0.1, 0.15) is 95.7 Å². The molecule has 1 fully saturated rings. The van der Waals surface area contributed by atoms with E-state index in [1.807, 2.05) is 41.3 Å². The fraction of sp³-hybridized carbons (Fsp3) is 0.400. The number of nitrogens with zero attached hydrogens (tertiary/aromatic N) is 8. The van der Waals surface area contributed by atoms with Crippen molar-refractivity contribution in [1.29, 1.82) is 0 Å². The molecule has 14 nitrogen and oxygen atoms in total. The first-order valence-corrected chi connectivity index (χ1v) is 23.2. The highest BCUT2D eigenvalue weighted by atomic mass is 35.5. The summed E-state index contributed by atoms with van der Waals surface area (Å²) in [5.74, 6) is 1.41. The number of carbonyl (C=O) groups is 2. The number of amides is 2. The normalized spacial score (nSPS) is 17.3. The van der Waals surface area contributed by atoms with Crippen molar-refractivity contribution in [3.63, 3.8) is 0 Å². The SMILES string of the molecule is CN1CCC(CNc2nccc3c2C(=O)N(Cc2ccc4c(N)nccc4c2)C3)CC1.COCc1c(C(=O)NCc2cnc3c(c2)C(Cl)CC3)cnn1Cc1cc2c(cc1F)CCN(C)C2. The van der Waals surface area contributed by atoms with Crippen LogP contribution in [0.15, 0.2) is 73.3 Å². The van der Waals surface area contributed by atoms with E-state index in [-0.39, 0.29) is 36.2 Å². The fourth-order valence-electron chi connectivity index (χ4n) is 9.55. The Hall–Kier alpha value is -6.00. The number of likely N-dealkylation sites (N-methyl/N-ethyl adjacent to an activating group) is 1. The van der Waals surface area contributed by atoms with Gasteiger partial charge in [-0.2, -0.15) is 5.10 Å². The second kappa shape index (κ2) is 19.8. The maximum absolute atomic E-state index is 14.9. The Morgan fingerprint density at radius 3 is 2.56 bits per heavy atom. The van der Waals surface area contributed by atoms with Crippen LogP contribution < -0.4 is 16.4 Å². The summed E-state index contributed by atoms with van der Waals surface area (Å²) in [5, 5.41) is 12.8. The molecule has 344 valence electrons. The van der Waals surface area contributed by atoms with Crippen molar-refractivity contribution in [3.8, 4) is 0 Å². The van der Waals surface area contributed by atoms with Crippen LogP contribution in [-0.4, -0.2) is 98.6 Å². The molecule has 7 heterocycles. The second-order valence-corrected chi connectivity index (χ2v) is 18.6. The minimum absolute atomic E-state index is 0.0240. The van der Waals surface area contributed by atoms with Gasteiger partial charge in [0.25, 0.3) is 11.8 Å². The number of nitrogens with one attached hydrogen (secondary N) is 2. The van der Waals surface area contributed by atoms with Crippen LogP contribution >= 0.6 is 11.6 Å². The van der Waals surface area contributed by atoms with Crippen molar-refractivity contribution in [2.75, 3.05) is 58.4 Å². The summed E-state index contributed by atoms with van der Waals surface area (Å²) in [5.41, 5.74) is 15.5. The lowest BCUT2D eigenvalue weighted by molar-refractivity contribution is 0.0767. The number of ether oxygens (including phenoxy) is 1. The molecule has 2 amide bonds. The van der Waals surface area contributed by atoms with Gasteiger partial charge < -0.3 is 35.8 Å². The number of hydrogen-bond donors (Lipinski definition) is 3. The van der Waals surface area contributed by atoms with Crippen LogP contribution in [0.2, 0.25) is 0 Å². The largest absolute Gasteiger partial charge is 0.383 e. The van der Waals surface area contributed by atoms with E-state index < -0.39 is 0 Å². The number of halogens is 2. The van der Waals surface area contributed by atoms with Crippen molar-refractivity contribution in [2.45, 2.75) is 76.8 Å². The van der Waals surface area contributed by atoms with Gasteiger partial charge in [-0.15, -0.1) is 11.6 Å². The van der Waals surface area contributed by atoms with E-state index in [9.17, 15) is 14.0 Å². The average Bonchev–Trinajstić information content (AvgIpc) is 4.00. The first-order chi connectivity index (χ1) is 32.0. The number of fused-ring (bicyclic) bond motifs is 4. The minimum atomic E-state index is -0.265. The van der Waals surface area contributed by atoms with Gasteiger partial charge in [0.1, 0.15) is 17.5 Å². The molecule has 1 unspecified atom stereocenters. The number of pyridine rings is 3. The molecule has 6 aromatic rings. The summed E-state index contributed by atoms with van der Waals surface area (Å²) in [6.45, 7) is 6.75. The summed E-state index contributed by atoms with van der Waals surface area (Å²) in [4.78, 5) is 45.9. The molecule has 10 rings (SSSR count). The Kier molecular flexibility index (Phi) is 13.6. The van der Waals surface area contributed by atoms with Gasteiger partial charge in [0.05, 0.1) is 41.5 Å². The third-order valence-electron chi connectivity index (χ3n) is 13.4. The van der Waals surface area contributed by atoms with E-state index in [1.165, 1.54) is 19.0 Å². The molecule has 3 aliphatic heterocycles. The average molecular weight is 915 g/mol. The summed E-state index contributed by atoms with van der Waals surface area (Å²) in [7, 11) is 5.80. The van der Waals surface area contributed by atoms with Crippen molar-refractivity contribution in [3.05, 3.63) is 141 Å². The van der Waals surface area contributed by atoms with Crippen molar-refractivity contribution >= 4 is 45.8 Å². The number of methoxy groups -OCH3 is 1. The van der Waals surface area contributed by atoms with Crippen LogP contribution in [0, 0.1) is 11.7 Å². The Morgan fingerprint density at radius 2 is 1.73 bits per heavy atom. The molecule has 1 atom stereocenters. The number of rotatable bonds is 12. The number of aryl methyl sites for hydroxylation is 1. The van der Waals surface area contributed by atoms with Crippen LogP contribution in [0.4, 0.5) is 16.0 Å². The first-order valence-electron chi connectivity index (χ1n) is 22.8. The van der Waals surface area contributed by atoms with Gasteiger partial charge in [0.15, 0.2) is 0 Å². The van der Waals surface area contributed by atoms with E-state index in [0.717, 1.165) is 113 Å². The predicted molar refractivity (Wildman–Crippen MR) is 253 cm³/mol. The number of nitrogens with two attached hydrogens (primary N) is 1. The molecular formula is C50H57ClFN11O3. The topological polar surface area (TPSA) is 160 Å². The Balaban J connectivity index is 0.000000167. The van der Waals surface area contributed by atoms with Gasteiger partial charge in [-0.1, -0.05) is 12.1 Å². The molecule has 0 radical (unpaired) electrons. The lowest BCUT2D eigenvalue weighted by Crippen LogP contribution is -2.33. The zero-order valence-corrected chi connectivity index (χ0v) is 38.6. The number of aromatic nitrogens is 5. The highest BCUT2D eigenvalue weighted by molar-refractivity contribution is 6.21. The fourth-order valence-corrected chi connectivity index (χ4v) is 9.85. The number of benzene rings is 2. The predicted octanol–water partition coefficient (Wildman–Crippen LogP) is 6.88. The molecule has 66 heavy (non-hydrogen) atoms. The minimum Gasteiger partial charge on any atom is -0.383 e. The lowest BCUT2D eigenvalue weighted by Gasteiger charge is -2.29. The molecule has 2 aromatic carbocycles.